The number of hydrogen-bond donors (Lipinski definition) is 0. The first-order valence-corrected chi connectivity index (χ1v) is 21.4. The van der Waals surface area contributed by atoms with Crippen LogP contribution in [0, 0.1) is 0 Å². The van der Waals surface area contributed by atoms with Gasteiger partial charge in [-0.2, -0.15) is 4.98 Å². The predicted octanol–water partition coefficient (Wildman–Crippen LogP) is 14.8. The van der Waals surface area contributed by atoms with Crippen molar-refractivity contribution in [3.05, 3.63) is 225 Å². The van der Waals surface area contributed by atoms with Gasteiger partial charge in [0, 0.05) is 50.1 Å². The highest BCUT2D eigenvalue weighted by atomic mass is 15.2. The van der Waals surface area contributed by atoms with E-state index in [1.807, 2.05) is 0 Å². The minimum atomic E-state index is 0.621. The molecule has 0 aliphatic rings. The summed E-state index contributed by atoms with van der Waals surface area (Å²) in [7, 11) is 0. The molecular weight excluding hydrogens is 767 g/mol. The summed E-state index contributed by atoms with van der Waals surface area (Å²) in [5.41, 5.74) is 14.1. The zero-order valence-electron chi connectivity index (χ0n) is 34.1. The Labute approximate surface area is 363 Å². The van der Waals surface area contributed by atoms with Crippen molar-refractivity contribution < 1.29 is 0 Å². The van der Waals surface area contributed by atoms with Gasteiger partial charge in [-0.3, -0.25) is 4.57 Å². The molecule has 13 rings (SSSR count). The molecule has 0 radical (unpaired) electrons. The van der Waals surface area contributed by atoms with Crippen LogP contribution in [0.1, 0.15) is 0 Å². The zero-order valence-corrected chi connectivity index (χ0v) is 34.1. The van der Waals surface area contributed by atoms with Gasteiger partial charge >= 0.3 is 0 Å². The Morgan fingerprint density at radius 2 is 0.841 bits per heavy atom. The van der Waals surface area contributed by atoms with Crippen molar-refractivity contribution in [2.75, 3.05) is 0 Å². The van der Waals surface area contributed by atoms with Crippen LogP contribution in [0.4, 0.5) is 0 Å². The van der Waals surface area contributed by atoms with Crippen LogP contribution in [0.3, 0.4) is 0 Å². The topological polar surface area (TPSA) is 40.6 Å². The van der Waals surface area contributed by atoms with Gasteiger partial charge < -0.3 is 9.13 Å². The van der Waals surface area contributed by atoms with Crippen LogP contribution in [0.15, 0.2) is 225 Å². The molecule has 0 bridgehead atoms. The molecule has 9 aromatic carbocycles. The standard InChI is InChI=1S/C58H37N5/c1-3-18-41(19-4-1)61-35-34-49-56(48-26-10-9-23-45(48)44-27-15-17-38-16-7-8-22-43(38)44)59-58(60-57(49)61)63-53-29-14-12-25-47(53)51-37-40(31-33-55(51)63)39-30-32-54-50(36-39)46-24-11-13-28-52(46)62(54)42-20-5-2-6-21-42/h1-37H. The first-order chi connectivity index (χ1) is 31.3. The van der Waals surface area contributed by atoms with Gasteiger partial charge in [0.1, 0.15) is 0 Å². The third-order valence-electron chi connectivity index (χ3n) is 12.7. The summed E-state index contributed by atoms with van der Waals surface area (Å²) in [5.74, 6) is 0.621. The van der Waals surface area contributed by atoms with Crippen molar-refractivity contribution in [1.29, 1.82) is 0 Å². The Morgan fingerprint density at radius 3 is 1.56 bits per heavy atom. The van der Waals surface area contributed by atoms with Crippen molar-refractivity contribution in [2.24, 2.45) is 0 Å². The molecule has 0 unspecified atom stereocenters. The molecule has 0 N–H and O–H groups in total. The number of nitrogens with zero attached hydrogens (tertiary/aromatic N) is 5. The Morgan fingerprint density at radius 1 is 0.317 bits per heavy atom. The molecule has 0 saturated heterocycles. The lowest BCUT2D eigenvalue weighted by atomic mass is 9.92. The molecule has 0 amide bonds. The molecule has 0 atom stereocenters. The van der Waals surface area contributed by atoms with Gasteiger partial charge in [-0.25, -0.2) is 4.98 Å². The fourth-order valence-electron chi connectivity index (χ4n) is 9.87. The molecule has 4 heterocycles. The van der Waals surface area contributed by atoms with E-state index in [-0.39, 0.29) is 0 Å². The van der Waals surface area contributed by atoms with Crippen LogP contribution in [-0.2, 0) is 0 Å². The van der Waals surface area contributed by atoms with E-state index in [0.29, 0.717) is 5.95 Å². The summed E-state index contributed by atoms with van der Waals surface area (Å²) in [4.78, 5) is 11.1. The number of para-hydroxylation sites is 4. The molecular formula is C58H37N5. The summed E-state index contributed by atoms with van der Waals surface area (Å²) < 4.78 is 6.80. The first-order valence-electron chi connectivity index (χ1n) is 21.4. The van der Waals surface area contributed by atoms with Crippen molar-refractivity contribution in [2.45, 2.75) is 0 Å². The van der Waals surface area contributed by atoms with Crippen LogP contribution in [0.5, 0.6) is 0 Å². The van der Waals surface area contributed by atoms with Gasteiger partial charge in [0.25, 0.3) is 0 Å². The monoisotopic (exact) mass is 803 g/mol. The Balaban J connectivity index is 1.03. The van der Waals surface area contributed by atoms with Crippen LogP contribution >= 0.6 is 0 Å². The van der Waals surface area contributed by atoms with E-state index in [2.05, 4.69) is 238 Å². The molecule has 63 heavy (non-hydrogen) atoms. The summed E-state index contributed by atoms with van der Waals surface area (Å²) in [6.07, 6.45) is 2.12. The second-order valence-corrected chi connectivity index (χ2v) is 16.2. The van der Waals surface area contributed by atoms with E-state index in [1.54, 1.807) is 0 Å². The summed E-state index contributed by atoms with van der Waals surface area (Å²) in [6.45, 7) is 0. The quantitative estimate of drug-likeness (QED) is 0.168. The average Bonchev–Trinajstić information content (AvgIpc) is 4.04. The molecule has 0 aliphatic carbocycles. The van der Waals surface area contributed by atoms with E-state index in [0.717, 1.165) is 66.6 Å². The van der Waals surface area contributed by atoms with E-state index in [4.69, 9.17) is 9.97 Å². The lowest BCUT2D eigenvalue weighted by Crippen LogP contribution is -2.05. The highest BCUT2D eigenvalue weighted by Crippen LogP contribution is 2.41. The van der Waals surface area contributed by atoms with E-state index in [1.165, 1.54) is 43.7 Å². The van der Waals surface area contributed by atoms with Gasteiger partial charge in [-0.1, -0.05) is 152 Å². The summed E-state index contributed by atoms with van der Waals surface area (Å²) >= 11 is 0. The third-order valence-corrected chi connectivity index (χ3v) is 12.7. The maximum absolute atomic E-state index is 5.59. The lowest BCUT2D eigenvalue weighted by molar-refractivity contribution is 0.988. The smallest absolute Gasteiger partial charge is 0.237 e. The highest BCUT2D eigenvalue weighted by molar-refractivity contribution is 6.13. The molecule has 0 aliphatic heterocycles. The number of aromatic nitrogens is 5. The van der Waals surface area contributed by atoms with Gasteiger partial charge in [0.15, 0.2) is 5.65 Å². The lowest BCUT2D eigenvalue weighted by Gasteiger charge is -2.15. The molecule has 294 valence electrons. The second-order valence-electron chi connectivity index (χ2n) is 16.2. The first kappa shape index (κ1) is 35.2. The maximum atomic E-state index is 5.59. The molecule has 5 heteroatoms. The molecule has 13 aromatic rings. The number of fused-ring (bicyclic) bond motifs is 8. The van der Waals surface area contributed by atoms with E-state index in [9.17, 15) is 0 Å². The Kier molecular flexibility index (Phi) is 7.84. The normalized spacial score (nSPS) is 11.8. The maximum Gasteiger partial charge on any atom is 0.237 e. The molecule has 0 fully saturated rings. The van der Waals surface area contributed by atoms with Crippen LogP contribution in [0.25, 0.3) is 116 Å². The zero-order chi connectivity index (χ0) is 41.4. The SMILES string of the molecule is c1ccc(-n2ccc3c(-c4ccccc4-c4cccc5ccccc45)nc(-n4c5ccccc5c5cc(-c6ccc7c(c6)c6ccccc6n7-c6ccccc6)ccc54)nc32)cc1. The third kappa shape index (κ3) is 5.50. The minimum absolute atomic E-state index is 0.621. The molecule has 5 nitrogen and oxygen atoms in total. The summed E-state index contributed by atoms with van der Waals surface area (Å²) in [6, 6.07) is 78.1. The van der Waals surface area contributed by atoms with E-state index >= 15 is 0 Å². The van der Waals surface area contributed by atoms with Gasteiger partial charge in [0.05, 0.1) is 27.8 Å². The number of rotatable bonds is 6. The van der Waals surface area contributed by atoms with E-state index < -0.39 is 0 Å². The average molecular weight is 804 g/mol. The largest absolute Gasteiger partial charge is 0.309 e. The van der Waals surface area contributed by atoms with Crippen molar-refractivity contribution in [3.63, 3.8) is 0 Å². The van der Waals surface area contributed by atoms with Crippen LogP contribution in [0.2, 0.25) is 0 Å². The molecule has 0 spiro atoms. The number of hydrogen-bond acceptors (Lipinski definition) is 2. The van der Waals surface area contributed by atoms with Crippen molar-refractivity contribution >= 4 is 65.4 Å². The Bertz CT molecular complexity index is 3900. The van der Waals surface area contributed by atoms with Crippen molar-refractivity contribution in [1.82, 2.24) is 23.7 Å². The minimum Gasteiger partial charge on any atom is -0.309 e. The predicted molar refractivity (Wildman–Crippen MR) is 261 cm³/mol. The summed E-state index contributed by atoms with van der Waals surface area (Å²) in [5, 5.41) is 8.17. The number of benzene rings is 9. The van der Waals surface area contributed by atoms with Gasteiger partial charge in [-0.05, 0) is 99.8 Å². The highest BCUT2D eigenvalue weighted by Gasteiger charge is 2.22. The van der Waals surface area contributed by atoms with Gasteiger partial charge in [0.2, 0.25) is 5.95 Å². The van der Waals surface area contributed by atoms with Crippen LogP contribution < -0.4 is 0 Å². The molecule has 0 saturated carbocycles. The Hall–Kier alpha value is -8.54. The van der Waals surface area contributed by atoms with Crippen molar-refractivity contribution in [3.8, 4) is 50.8 Å². The fourth-order valence-corrected chi connectivity index (χ4v) is 9.87. The van der Waals surface area contributed by atoms with Gasteiger partial charge in [-0.15, -0.1) is 0 Å². The second kappa shape index (κ2) is 14.0. The molecule has 4 aromatic heterocycles. The fraction of sp³-hybridized carbons (Fsp3) is 0. The van der Waals surface area contributed by atoms with Crippen LogP contribution in [-0.4, -0.2) is 23.7 Å².